The van der Waals surface area contributed by atoms with Crippen molar-refractivity contribution < 1.29 is 45.0 Å². The zero-order valence-corrected chi connectivity index (χ0v) is 26.8. The Labute approximate surface area is 278 Å². The summed E-state index contributed by atoms with van der Waals surface area (Å²) in [6.07, 6.45) is 5.32. The molecule has 0 bridgehead atoms. The molecule has 3 aromatic rings. The number of aliphatic hydroxyl groups is 2. The number of allylic oxidation sites excluding steroid dienone is 7. The molecule has 48 heavy (non-hydrogen) atoms. The van der Waals surface area contributed by atoms with Gasteiger partial charge in [0.15, 0.2) is 23.8 Å². The minimum atomic E-state index is -1.65. The fourth-order valence-electron chi connectivity index (χ4n) is 7.06. The van der Waals surface area contributed by atoms with E-state index in [0.29, 0.717) is 12.0 Å². The number of hydrogen-bond donors (Lipinski definition) is 6. The SMILES string of the molecule is CC(C)=CCc1c(O)ccc(C(=O)C2C(C3=CC=C(O)C3)CC(C)=CC2c2ccc(O)c(C3Oc4cc(O)ccc4C(=O)C3O)c2)c1O. The highest BCUT2D eigenvalue weighted by Gasteiger charge is 2.43. The van der Waals surface area contributed by atoms with E-state index in [4.69, 9.17) is 4.74 Å². The van der Waals surface area contributed by atoms with Gasteiger partial charge in [0.2, 0.25) is 0 Å². The summed E-state index contributed by atoms with van der Waals surface area (Å²) in [7, 11) is 0. The van der Waals surface area contributed by atoms with Crippen molar-refractivity contribution in [3.63, 3.8) is 0 Å². The smallest absolute Gasteiger partial charge is 0.199 e. The van der Waals surface area contributed by atoms with Crippen LogP contribution in [0.5, 0.6) is 28.7 Å². The van der Waals surface area contributed by atoms with E-state index in [-0.39, 0.29) is 81.3 Å². The lowest BCUT2D eigenvalue weighted by Crippen LogP contribution is -2.36. The van der Waals surface area contributed by atoms with Gasteiger partial charge in [-0.25, -0.2) is 0 Å². The van der Waals surface area contributed by atoms with Crippen molar-refractivity contribution >= 4 is 11.6 Å². The third-order valence-corrected chi connectivity index (χ3v) is 9.50. The average molecular weight is 651 g/mol. The Bertz CT molecular complexity index is 1940. The van der Waals surface area contributed by atoms with E-state index in [1.54, 1.807) is 18.2 Å². The van der Waals surface area contributed by atoms with Crippen LogP contribution in [0.2, 0.25) is 0 Å². The Morgan fingerprint density at radius 1 is 0.958 bits per heavy atom. The second-order valence-electron chi connectivity index (χ2n) is 13.1. The Kier molecular flexibility index (Phi) is 8.66. The number of phenols is 4. The second-order valence-corrected chi connectivity index (χ2v) is 13.1. The van der Waals surface area contributed by atoms with Gasteiger partial charge in [-0.1, -0.05) is 41.0 Å². The lowest BCUT2D eigenvalue weighted by molar-refractivity contribution is 0.0207. The van der Waals surface area contributed by atoms with Crippen molar-refractivity contribution in [3.05, 3.63) is 123 Å². The fourth-order valence-corrected chi connectivity index (χ4v) is 7.06. The Morgan fingerprint density at radius 2 is 1.71 bits per heavy atom. The lowest BCUT2D eigenvalue weighted by Gasteiger charge is -2.38. The van der Waals surface area contributed by atoms with Gasteiger partial charge in [0, 0.05) is 35.4 Å². The quantitative estimate of drug-likeness (QED) is 0.116. The first-order chi connectivity index (χ1) is 22.8. The largest absolute Gasteiger partial charge is 0.512 e. The number of fused-ring (bicyclic) bond motifs is 1. The summed E-state index contributed by atoms with van der Waals surface area (Å²) in [5, 5.41) is 64.3. The number of aliphatic hydroxyl groups excluding tert-OH is 2. The molecule has 1 aliphatic heterocycles. The molecule has 3 aromatic carbocycles. The fraction of sp³-hybridized carbons (Fsp3) is 0.282. The first kappa shape index (κ1) is 32.7. The lowest BCUT2D eigenvalue weighted by atomic mass is 9.65. The zero-order chi connectivity index (χ0) is 34.4. The van der Waals surface area contributed by atoms with E-state index in [2.05, 4.69) is 0 Å². The molecule has 0 saturated carbocycles. The van der Waals surface area contributed by atoms with Crippen LogP contribution in [-0.4, -0.2) is 48.3 Å². The monoisotopic (exact) mass is 650 g/mol. The van der Waals surface area contributed by atoms with Gasteiger partial charge in [-0.3, -0.25) is 9.59 Å². The van der Waals surface area contributed by atoms with Crippen LogP contribution in [0, 0.1) is 11.8 Å². The average Bonchev–Trinajstić information content (AvgIpc) is 3.48. The summed E-state index contributed by atoms with van der Waals surface area (Å²) in [5.74, 6) is -3.27. The van der Waals surface area contributed by atoms with Crippen LogP contribution in [-0.2, 0) is 6.42 Å². The van der Waals surface area contributed by atoms with Crippen molar-refractivity contribution in [1.29, 1.82) is 0 Å². The van der Waals surface area contributed by atoms with Crippen LogP contribution in [0.25, 0.3) is 0 Å². The van der Waals surface area contributed by atoms with E-state index < -0.39 is 29.8 Å². The predicted octanol–water partition coefficient (Wildman–Crippen LogP) is 7.02. The molecular formula is C39H38O9. The molecule has 0 saturated heterocycles. The molecule has 6 N–H and O–H groups in total. The number of carbonyl (C=O) groups is 2. The molecule has 9 nitrogen and oxygen atoms in total. The van der Waals surface area contributed by atoms with Crippen molar-refractivity contribution in [3.8, 4) is 28.7 Å². The van der Waals surface area contributed by atoms with E-state index >= 15 is 0 Å². The molecule has 0 fully saturated rings. The van der Waals surface area contributed by atoms with E-state index in [1.165, 1.54) is 36.4 Å². The molecule has 0 aromatic heterocycles. The molecule has 1 heterocycles. The Hall–Kier alpha value is -5.28. The molecule has 3 aliphatic rings. The number of ketones is 2. The van der Waals surface area contributed by atoms with Crippen molar-refractivity contribution in [1.82, 2.24) is 0 Å². The molecule has 9 heteroatoms. The van der Waals surface area contributed by atoms with E-state index in [0.717, 1.165) is 16.7 Å². The van der Waals surface area contributed by atoms with Gasteiger partial charge in [0.1, 0.15) is 28.7 Å². The van der Waals surface area contributed by atoms with Gasteiger partial charge >= 0.3 is 0 Å². The van der Waals surface area contributed by atoms with Gasteiger partial charge in [0.05, 0.1) is 16.9 Å². The van der Waals surface area contributed by atoms with E-state index in [9.17, 15) is 40.2 Å². The topological polar surface area (TPSA) is 165 Å². The van der Waals surface area contributed by atoms with E-state index in [1.807, 2.05) is 39.0 Å². The predicted molar refractivity (Wildman–Crippen MR) is 179 cm³/mol. The van der Waals surface area contributed by atoms with Crippen LogP contribution in [0.3, 0.4) is 0 Å². The summed E-state index contributed by atoms with van der Waals surface area (Å²) in [4.78, 5) is 27.8. The Morgan fingerprint density at radius 3 is 2.42 bits per heavy atom. The maximum atomic E-state index is 14.7. The Balaban J connectivity index is 1.45. The standard InChI is InChI=1S/C39H38O9/c1-19(2)4-9-25-31(42)13-11-27(35(25)44)36(45)34-28(21-5-7-23(40)16-21)14-20(3)15-29(34)22-6-12-32(43)30(17-22)39-38(47)37(46)26-10-8-24(41)18-33(26)48-39/h4-8,10-13,15,17-18,28-29,34,38-44,47H,9,14,16H2,1-3H3. The van der Waals surface area contributed by atoms with Crippen LogP contribution >= 0.6 is 0 Å². The van der Waals surface area contributed by atoms with Gasteiger partial charge in [-0.15, -0.1) is 0 Å². The van der Waals surface area contributed by atoms with Crippen LogP contribution in [0.4, 0.5) is 0 Å². The summed E-state index contributed by atoms with van der Waals surface area (Å²) in [6.45, 7) is 5.75. The van der Waals surface area contributed by atoms with Crippen LogP contribution < -0.4 is 4.74 Å². The normalized spacial score (nSPS) is 23.4. The number of Topliss-reactive ketones (excluding diaryl/α,β-unsaturated/α-hetero) is 2. The number of hydrogen-bond acceptors (Lipinski definition) is 9. The summed E-state index contributed by atoms with van der Waals surface area (Å²) < 4.78 is 5.99. The second kappa shape index (κ2) is 12.7. The summed E-state index contributed by atoms with van der Waals surface area (Å²) in [6, 6.07) is 11.5. The summed E-state index contributed by atoms with van der Waals surface area (Å²) in [5.41, 5.74) is 3.94. The molecule has 0 amide bonds. The number of ether oxygens (including phenoxy) is 1. The molecule has 5 unspecified atom stereocenters. The van der Waals surface area contributed by atoms with Gasteiger partial charge < -0.3 is 35.4 Å². The highest BCUT2D eigenvalue weighted by atomic mass is 16.5. The van der Waals surface area contributed by atoms with Crippen molar-refractivity contribution in [2.24, 2.45) is 11.8 Å². The van der Waals surface area contributed by atoms with Gasteiger partial charge in [-0.2, -0.15) is 0 Å². The number of rotatable bonds is 7. The zero-order valence-electron chi connectivity index (χ0n) is 26.8. The third kappa shape index (κ3) is 5.97. The van der Waals surface area contributed by atoms with Crippen LogP contribution in [0.15, 0.2) is 95.3 Å². The van der Waals surface area contributed by atoms with Crippen LogP contribution in [0.1, 0.15) is 83.0 Å². The maximum Gasteiger partial charge on any atom is 0.199 e. The highest BCUT2D eigenvalue weighted by Crippen LogP contribution is 2.49. The minimum Gasteiger partial charge on any atom is -0.512 e. The van der Waals surface area contributed by atoms with Gasteiger partial charge in [0.25, 0.3) is 0 Å². The number of benzene rings is 3. The molecule has 5 atom stereocenters. The third-order valence-electron chi connectivity index (χ3n) is 9.50. The molecular weight excluding hydrogens is 612 g/mol. The number of aromatic hydroxyl groups is 4. The molecule has 2 aliphatic carbocycles. The molecule has 248 valence electrons. The van der Waals surface area contributed by atoms with Crippen molar-refractivity contribution in [2.75, 3.05) is 0 Å². The molecule has 6 rings (SSSR count). The molecule has 0 spiro atoms. The van der Waals surface area contributed by atoms with Gasteiger partial charge in [-0.05, 0) is 87.6 Å². The molecule has 0 radical (unpaired) electrons. The number of carbonyl (C=O) groups excluding carboxylic acids is 2. The highest BCUT2D eigenvalue weighted by molar-refractivity contribution is 6.03. The summed E-state index contributed by atoms with van der Waals surface area (Å²) >= 11 is 0. The first-order valence-corrected chi connectivity index (χ1v) is 15.9. The maximum absolute atomic E-state index is 14.7. The first-order valence-electron chi connectivity index (χ1n) is 15.9. The number of phenolic OH excluding ortho intramolecular Hbond substituents is 4. The minimum absolute atomic E-state index is 0.0562. The van der Waals surface area contributed by atoms with Crippen molar-refractivity contribution in [2.45, 2.75) is 58.2 Å².